The Morgan fingerprint density at radius 3 is 2.43 bits per heavy atom. The number of carbonyl (C=O) groups is 1. The number of unbranched alkanes of at least 4 members (excludes halogenated alkanes) is 4. The highest BCUT2D eigenvalue weighted by Crippen LogP contribution is 2.08. The van der Waals surface area contributed by atoms with Gasteiger partial charge in [0.1, 0.15) is 0 Å². The van der Waals surface area contributed by atoms with Crippen molar-refractivity contribution in [2.75, 3.05) is 5.33 Å². The maximum Gasteiger partial charge on any atom is 0.404 e. The predicted octanol–water partition coefficient (Wildman–Crippen LogP) is 3.38. The predicted molar refractivity (Wildman–Crippen MR) is 62.1 cm³/mol. The summed E-state index contributed by atoms with van der Waals surface area (Å²) in [7, 11) is 0. The van der Waals surface area contributed by atoms with Crippen LogP contribution in [0.5, 0.6) is 0 Å². The summed E-state index contributed by atoms with van der Waals surface area (Å²) < 4.78 is 0. The molecule has 0 saturated carbocycles. The monoisotopic (exact) mass is 265 g/mol. The highest BCUT2D eigenvalue weighted by atomic mass is 79.9. The van der Waals surface area contributed by atoms with Gasteiger partial charge in [-0.3, -0.25) is 0 Å². The lowest BCUT2D eigenvalue weighted by atomic mass is 10.1. The number of amides is 1. The Balaban J connectivity index is 3.14. The van der Waals surface area contributed by atoms with Gasteiger partial charge in [0.2, 0.25) is 0 Å². The first-order valence-corrected chi connectivity index (χ1v) is 6.34. The van der Waals surface area contributed by atoms with Gasteiger partial charge in [0.05, 0.1) is 0 Å². The van der Waals surface area contributed by atoms with E-state index in [1.54, 1.807) is 0 Å². The molecule has 3 nitrogen and oxygen atoms in total. The number of rotatable bonds is 8. The van der Waals surface area contributed by atoms with Gasteiger partial charge >= 0.3 is 6.09 Å². The van der Waals surface area contributed by atoms with E-state index in [1.807, 2.05) is 6.92 Å². The molecule has 1 unspecified atom stereocenters. The molecule has 0 aromatic carbocycles. The van der Waals surface area contributed by atoms with Crippen molar-refractivity contribution in [2.45, 2.75) is 51.5 Å². The van der Waals surface area contributed by atoms with Gasteiger partial charge in [-0.25, -0.2) is 4.79 Å². The van der Waals surface area contributed by atoms with Crippen LogP contribution in [0.25, 0.3) is 0 Å². The molecular weight excluding hydrogens is 246 g/mol. The van der Waals surface area contributed by atoms with Gasteiger partial charge in [-0.05, 0) is 19.8 Å². The van der Waals surface area contributed by atoms with Gasteiger partial charge in [-0.2, -0.15) is 0 Å². The molecule has 0 rings (SSSR count). The highest BCUT2D eigenvalue weighted by Gasteiger charge is 2.03. The normalized spacial score (nSPS) is 12.4. The summed E-state index contributed by atoms with van der Waals surface area (Å²) in [4.78, 5) is 10.3. The third kappa shape index (κ3) is 9.84. The number of halogens is 1. The molecule has 2 N–H and O–H groups in total. The lowest BCUT2D eigenvalue weighted by Gasteiger charge is -2.10. The maximum atomic E-state index is 10.3. The van der Waals surface area contributed by atoms with Crippen LogP contribution in [0.4, 0.5) is 4.79 Å². The van der Waals surface area contributed by atoms with Crippen molar-refractivity contribution in [3.63, 3.8) is 0 Å². The van der Waals surface area contributed by atoms with Crippen LogP contribution in [-0.4, -0.2) is 22.6 Å². The fourth-order valence-electron chi connectivity index (χ4n) is 1.36. The molecule has 0 aromatic heterocycles. The average Bonchev–Trinajstić information content (AvgIpc) is 2.10. The van der Waals surface area contributed by atoms with Crippen molar-refractivity contribution in [2.24, 2.45) is 0 Å². The molecule has 1 amide bonds. The van der Waals surface area contributed by atoms with Crippen LogP contribution >= 0.6 is 15.9 Å². The van der Waals surface area contributed by atoms with Gasteiger partial charge in [-0.1, -0.05) is 41.6 Å². The molecule has 0 bridgehead atoms. The number of hydrogen-bond donors (Lipinski definition) is 2. The first-order chi connectivity index (χ1) is 6.66. The molecule has 0 fully saturated rings. The third-order valence-electron chi connectivity index (χ3n) is 2.14. The topological polar surface area (TPSA) is 49.3 Å². The summed E-state index contributed by atoms with van der Waals surface area (Å²) in [5, 5.41) is 12.0. The second-order valence-corrected chi connectivity index (χ2v) is 4.39. The third-order valence-corrected chi connectivity index (χ3v) is 2.70. The van der Waals surface area contributed by atoms with E-state index < -0.39 is 6.09 Å². The zero-order valence-electron chi connectivity index (χ0n) is 8.76. The van der Waals surface area contributed by atoms with E-state index in [9.17, 15) is 4.79 Å². The average molecular weight is 266 g/mol. The van der Waals surface area contributed by atoms with Crippen molar-refractivity contribution < 1.29 is 9.90 Å². The van der Waals surface area contributed by atoms with E-state index in [0.29, 0.717) is 0 Å². The Morgan fingerprint density at radius 1 is 1.29 bits per heavy atom. The van der Waals surface area contributed by atoms with Crippen LogP contribution in [0.2, 0.25) is 0 Å². The molecule has 0 aliphatic heterocycles. The minimum absolute atomic E-state index is 0.0867. The van der Waals surface area contributed by atoms with E-state index >= 15 is 0 Å². The molecule has 1 atom stereocenters. The van der Waals surface area contributed by atoms with E-state index in [0.717, 1.165) is 18.2 Å². The molecule has 0 heterocycles. The van der Waals surface area contributed by atoms with E-state index in [4.69, 9.17) is 5.11 Å². The van der Waals surface area contributed by atoms with Crippen molar-refractivity contribution in [1.29, 1.82) is 0 Å². The first kappa shape index (κ1) is 13.8. The SMILES string of the molecule is CC(CCCCCCCBr)NC(=O)O. The summed E-state index contributed by atoms with van der Waals surface area (Å²) in [5.74, 6) is 0. The lowest BCUT2D eigenvalue weighted by Crippen LogP contribution is -2.30. The zero-order chi connectivity index (χ0) is 10.8. The summed E-state index contributed by atoms with van der Waals surface area (Å²) >= 11 is 3.39. The van der Waals surface area contributed by atoms with Crippen molar-refractivity contribution in [3.05, 3.63) is 0 Å². The standard InChI is InChI=1S/C10H20BrNO2/c1-9(12-10(13)14)7-5-3-2-4-6-8-11/h9,12H,2-8H2,1H3,(H,13,14). The summed E-state index contributed by atoms with van der Waals surface area (Å²) in [6.07, 6.45) is 6.11. The van der Waals surface area contributed by atoms with Gasteiger partial charge in [0.25, 0.3) is 0 Å². The van der Waals surface area contributed by atoms with Crippen molar-refractivity contribution in [3.8, 4) is 0 Å². The molecule has 0 spiro atoms. The van der Waals surface area contributed by atoms with Crippen LogP contribution in [0.3, 0.4) is 0 Å². The lowest BCUT2D eigenvalue weighted by molar-refractivity contribution is 0.190. The summed E-state index contributed by atoms with van der Waals surface area (Å²) in [6.45, 7) is 1.91. The molecule has 0 aliphatic carbocycles. The molecule has 14 heavy (non-hydrogen) atoms. The summed E-state index contributed by atoms with van der Waals surface area (Å²) in [5.41, 5.74) is 0. The van der Waals surface area contributed by atoms with Gasteiger partial charge < -0.3 is 10.4 Å². The van der Waals surface area contributed by atoms with Crippen LogP contribution in [-0.2, 0) is 0 Å². The van der Waals surface area contributed by atoms with Crippen molar-refractivity contribution in [1.82, 2.24) is 5.32 Å². The molecule has 0 aliphatic rings. The smallest absolute Gasteiger partial charge is 0.404 e. The Kier molecular flexibility index (Phi) is 9.14. The van der Waals surface area contributed by atoms with Crippen LogP contribution < -0.4 is 5.32 Å². The molecule has 0 saturated heterocycles. The highest BCUT2D eigenvalue weighted by molar-refractivity contribution is 9.09. The van der Waals surface area contributed by atoms with E-state index in [2.05, 4.69) is 21.2 Å². The minimum Gasteiger partial charge on any atom is -0.465 e. The molecule has 0 radical (unpaired) electrons. The fraction of sp³-hybridized carbons (Fsp3) is 0.900. The Labute approximate surface area is 94.4 Å². The first-order valence-electron chi connectivity index (χ1n) is 5.22. The number of carboxylic acid groups (broad SMARTS) is 1. The number of nitrogens with one attached hydrogen (secondary N) is 1. The Hall–Kier alpha value is -0.250. The van der Waals surface area contributed by atoms with Crippen LogP contribution in [0.15, 0.2) is 0 Å². The Bertz CT molecular complexity index is 153. The largest absolute Gasteiger partial charge is 0.465 e. The molecule has 4 heteroatoms. The van der Waals surface area contributed by atoms with Crippen molar-refractivity contribution >= 4 is 22.0 Å². The molecule has 0 aromatic rings. The number of alkyl halides is 1. The minimum atomic E-state index is -0.920. The Morgan fingerprint density at radius 2 is 1.86 bits per heavy atom. The van der Waals surface area contributed by atoms with Crippen LogP contribution in [0, 0.1) is 0 Å². The zero-order valence-corrected chi connectivity index (χ0v) is 10.3. The fourth-order valence-corrected chi connectivity index (χ4v) is 1.75. The molecular formula is C10H20BrNO2. The number of hydrogen-bond acceptors (Lipinski definition) is 1. The van der Waals surface area contributed by atoms with E-state index in [1.165, 1.54) is 25.7 Å². The van der Waals surface area contributed by atoms with E-state index in [-0.39, 0.29) is 6.04 Å². The van der Waals surface area contributed by atoms with Gasteiger partial charge in [0.15, 0.2) is 0 Å². The maximum absolute atomic E-state index is 10.3. The molecule has 84 valence electrons. The van der Waals surface area contributed by atoms with Gasteiger partial charge in [0, 0.05) is 11.4 Å². The second-order valence-electron chi connectivity index (χ2n) is 3.60. The van der Waals surface area contributed by atoms with Crippen LogP contribution in [0.1, 0.15) is 45.4 Å². The summed E-state index contributed by atoms with van der Waals surface area (Å²) in [6, 6.07) is 0.0867. The second kappa shape index (κ2) is 9.31. The quantitative estimate of drug-likeness (QED) is 0.522. The van der Waals surface area contributed by atoms with Gasteiger partial charge in [-0.15, -0.1) is 0 Å².